The third-order valence-electron chi connectivity index (χ3n) is 9.15. The Balaban J connectivity index is 1.44. The number of hydrogen-bond acceptors (Lipinski definition) is 8. The van der Waals surface area contributed by atoms with Gasteiger partial charge in [-0.25, -0.2) is 14.6 Å². The molecule has 5 aromatic rings. The van der Waals surface area contributed by atoms with Crippen LogP contribution in [0, 0.1) is 6.92 Å². The van der Waals surface area contributed by atoms with Crippen LogP contribution in [0.4, 0.5) is 4.79 Å². The topological polar surface area (TPSA) is 95.8 Å². The molecule has 2 aromatic heterocycles. The number of ether oxygens (including phenoxy) is 3. The zero-order valence-electron chi connectivity index (χ0n) is 31.6. The molecular weight excluding hydrogens is 696 g/mol. The van der Waals surface area contributed by atoms with Crippen molar-refractivity contribution in [3.05, 3.63) is 70.4 Å². The quantitative estimate of drug-likeness (QED) is 0.146. The van der Waals surface area contributed by atoms with Crippen LogP contribution in [0.25, 0.3) is 42.8 Å². The molecule has 1 atom stereocenters. The van der Waals surface area contributed by atoms with Gasteiger partial charge < -0.3 is 19.1 Å². The van der Waals surface area contributed by atoms with Crippen LogP contribution >= 0.6 is 22.9 Å². The highest BCUT2D eigenvalue weighted by atomic mass is 35.5. The van der Waals surface area contributed by atoms with Gasteiger partial charge >= 0.3 is 12.1 Å². The number of esters is 1. The Morgan fingerprint density at radius 1 is 0.962 bits per heavy atom. The Bertz CT molecular complexity index is 2100. The van der Waals surface area contributed by atoms with Crippen molar-refractivity contribution in [3.63, 3.8) is 0 Å². The smallest absolute Gasteiger partial charge is 0.410 e. The van der Waals surface area contributed by atoms with Gasteiger partial charge in [-0.15, -0.1) is 11.3 Å². The zero-order chi connectivity index (χ0) is 37.5. The molecule has 1 aliphatic rings. The van der Waals surface area contributed by atoms with E-state index < -0.39 is 23.3 Å². The first-order chi connectivity index (χ1) is 24.6. The lowest BCUT2D eigenvalue weighted by molar-refractivity contribution is -0.166. The second kappa shape index (κ2) is 14.8. The average molecular weight is 745 g/mol. The van der Waals surface area contributed by atoms with Crippen molar-refractivity contribution in [1.29, 1.82) is 0 Å². The molecule has 1 saturated heterocycles. The number of halogens is 1. The molecule has 0 saturated carbocycles. The van der Waals surface area contributed by atoms with Gasteiger partial charge in [0, 0.05) is 52.7 Å². The van der Waals surface area contributed by atoms with Crippen LogP contribution in [0.3, 0.4) is 0 Å². The van der Waals surface area contributed by atoms with E-state index in [1.807, 2.05) is 78.8 Å². The Morgan fingerprint density at radius 2 is 1.63 bits per heavy atom. The van der Waals surface area contributed by atoms with Crippen molar-refractivity contribution < 1.29 is 23.8 Å². The first kappa shape index (κ1) is 37.8. The van der Waals surface area contributed by atoms with E-state index in [2.05, 4.69) is 29.8 Å². The maximum atomic E-state index is 13.6. The standard InChI is InChI=1S/C41H49ClN4O5S/c1-10-46-31-17-14-27(23-29(31)34(44-46)26-18-20-45(21-19-26)39(48)51-41(7,8)9)37-43-30-22-24(3)32(35(38(47)49-11-2)50-40(4,5)6)33(36(30)52-37)25-12-15-28(42)16-13-25/h12-17,22-23,26,35H,10-11,18-21H2,1-9H3/t35-/m0/s1. The molecule has 0 unspecified atom stereocenters. The summed E-state index contributed by atoms with van der Waals surface area (Å²) >= 11 is 7.94. The fraction of sp³-hybridized carbons (Fsp3) is 0.463. The van der Waals surface area contributed by atoms with E-state index in [9.17, 15) is 9.59 Å². The molecule has 1 fully saturated rings. The molecule has 1 aliphatic heterocycles. The summed E-state index contributed by atoms with van der Waals surface area (Å²) in [5.41, 5.74) is 6.26. The number of nitrogens with zero attached hydrogens (tertiary/aromatic N) is 4. The van der Waals surface area contributed by atoms with Gasteiger partial charge in [0.1, 0.15) is 10.6 Å². The fourth-order valence-electron chi connectivity index (χ4n) is 6.91. The summed E-state index contributed by atoms with van der Waals surface area (Å²) in [6.07, 6.45) is 0.417. The lowest BCUT2D eigenvalue weighted by Crippen LogP contribution is -2.41. The SMILES string of the molecule is CCOC(=O)[C@@H](OC(C)(C)C)c1c(C)cc2nc(-c3ccc4c(c3)c(C3CCN(C(=O)OC(C)(C)C)CC3)nn4CC)sc2c1-c1ccc(Cl)cc1. The molecule has 276 valence electrons. The Kier molecular flexibility index (Phi) is 10.7. The number of thiazole rings is 1. The van der Waals surface area contributed by atoms with Crippen molar-refractivity contribution in [1.82, 2.24) is 19.7 Å². The summed E-state index contributed by atoms with van der Waals surface area (Å²) in [5, 5.41) is 7.69. The normalized spacial score (nSPS) is 15.0. The first-order valence-electron chi connectivity index (χ1n) is 18.1. The van der Waals surface area contributed by atoms with E-state index >= 15 is 0 Å². The van der Waals surface area contributed by atoms with E-state index in [1.54, 1.807) is 23.2 Å². The second-order valence-electron chi connectivity index (χ2n) is 15.4. The number of fused-ring (bicyclic) bond motifs is 2. The van der Waals surface area contributed by atoms with Crippen LogP contribution in [0.2, 0.25) is 5.02 Å². The van der Waals surface area contributed by atoms with Crippen molar-refractivity contribution in [2.24, 2.45) is 0 Å². The van der Waals surface area contributed by atoms with Gasteiger partial charge in [-0.05, 0) is 123 Å². The number of aromatic nitrogens is 3. The lowest BCUT2D eigenvalue weighted by atomic mass is 9.91. The molecule has 0 aliphatic carbocycles. The van der Waals surface area contributed by atoms with E-state index in [4.69, 9.17) is 35.9 Å². The second-order valence-corrected chi connectivity index (χ2v) is 16.8. The molecule has 0 radical (unpaired) electrons. The summed E-state index contributed by atoms with van der Waals surface area (Å²) < 4.78 is 20.7. The highest BCUT2D eigenvalue weighted by molar-refractivity contribution is 7.22. The number of aryl methyl sites for hydroxylation is 2. The molecule has 11 heteroatoms. The minimum atomic E-state index is -0.943. The number of amides is 1. The maximum absolute atomic E-state index is 13.6. The molecule has 0 N–H and O–H groups in total. The molecule has 3 heterocycles. The monoisotopic (exact) mass is 744 g/mol. The van der Waals surface area contributed by atoms with Crippen LogP contribution in [-0.4, -0.2) is 62.6 Å². The van der Waals surface area contributed by atoms with Crippen LogP contribution in [0.5, 0.6) is 0 Å². The summed E-state index contributed by atoms with van der Waals surface area (Å²) in [6.45, 7) is 19.6. The van der Waals surface area contributed by atoms with Gasteiger partial charge in [0.15, 0.2) is 6.10 Å². The molecular formula is C41H49ClN4O5S. The third-order valence-corrected chi connectivity index (χ3v) is 10.5. The highest BCUT2D eigenvalue weighted by Gasteiger charge is 2.34. The number of carbonyl (C=O) groups excluding carboxylic acids is 2. The van der Waals surface area contributed by atoms with Gasteiger partial charge in [-0.3, -0.25) is 4.68 Å². The number of piperidine rings is 1. The van der Waals surface area contributed by atoms with E-state index in [-0.39, 0.29) is 18.6 Å². The van der Waals surface area contributed by atoms with Crippen LogP contribution in [0.15, 0.2) is 48.5 Å². The Labute approximate surface area is 315 Å². The van der Waals surface area contributed by atoms with Gasteiger partial charge in [0.25, 0.3) is 0 Å². The molecule has 0 spiro atoms. The van der Waals surface area contributed by atoms with Gasteiger partial charge in [0.2, 0.25) is 0 Å². The molecule has 0 bridgehead atoms. The summed E-state index contributed by atoms with van der Waals surface area (Å²) in [4.78, 5) is 33.3. The van der Waals surface area contributed by atoms with Gasteiger partial charge in [-0.1, -0.05) is 23.7 Å². The van der Waals surface area contributed by atoms with E-state index in [0.29, 0.717) is 18.1 Å². The predicted molar refractivity (Wildman–Crippen MR) is 209 cm³/mol. The van der Waals surface area contributed by atoms with Crippen molar-refractivity contribution in [3.8, 4) is 21.7 Å². The third kappa shape index (κ3) is 7.99. The number of hydrogen-bond donors (Lipinski definition) is 0. The lowest BCUT2D eigenvalue weighted by Gasteiger charge is -2.33. The van der Waals surface area contributed by atoms with E-state index in [1.165, 1.54) is 0 Å². The molecule has 52 heavy (non-hydrogen) atoms. The Morgan fingerprint density at radius 3 is 2.25 bits per heavy atom. The van der Waals surface area contributed by atoms with Crippen molar-refractivity contribution >= 4 is 56.1 Å². The zero-order valence-corrected chi connectivity index (χ0v) is 33.2. The maximum Gasteiger partial charge on any atom is 0.410 e. The predicted octanol–water partition coefficient (Wildman–Crippen LogP) is 10.5. The van der Waals surface area contributed by atoms with Crippen LogP contribution in [-0.2, 0) is 25.5 Å². The van der Waals surface area contributed by atoms with Crippen LogP contribution < -0.4 is 0 Å². The fourth-order valence-corrected chi connectivity index (χ4v) is 8.16. The molecule has 9 nitrogen and oxygen atoms in total. The minimum absolute atomic E-state index is 0.212. The Hall–Kier alpha value is -3.99. The largest absolute Gasteiger partial charge is 0.464 e. The number of carbonyl (C=O) groups is 2. The number of benzene rings is 3. The highest BCUT2D eigenvalue weighted by Crippen LogP contribution is 2.45. The first-order valence-corrected chi connectivity index (χ1v) is 19.3. The van der Waals surface area contributed by atoms with Crippen molar-refractivity contribution in [2.75, 3.05) is 19.7 Å². The number of rotatable bonds is 8. The average Bonchev–Trinajstić information content (AvgIpc) is 3.67. The summed E-state index contributed by atoms with van der Waals surface area (Å²) in [7, 11) is 0. The molecule has 3 aromatic carbocycles. The van der Waals surface area contributed by atoms with Crippen LogP contribution in [0.1, 0.15) is 97.1 Å². The van der Waals surface area contributed by atoms with Crippen molar-refractivity contribution in [2.45, 2.75) is 105 Å². The summed E-state index contributed by atoms with van der Waals surface area (Å²) in [6, 6.07) is 16.2. The van der Waals surface area contributed by atoms with Gasteiger partial charge in [-0.2, -0.15) is 5.10 Å². The minimum Gasteiger partial charge on any atom is -0.464 e. The summed E-state index contributed by atoms with van der Waals surface area (Å²) in [5.74, 6) is -0.216. The molecule has 1 amide bonds. The van der Waals surface area contributed by atoms with E-state index in [0.717, 1.165) is 79.0 Å². The number of likely N-dealkylation sites (tertiary alicyclic amines) is 1. The molecule has 6 rings (SSSR count). The van der Waals surface area contributed by atoms with Gasteiger partial charge in [0.05, 0.1) is 33.6 Å².